The Morgan fingerprint density at radius 2 is 1.79 bits per heavy atom. The number of hydrogen-bond donors (Lipinski definition) is 1. The van der Waals surface area contributed by atoms with Gasteiger partial charge in [0.25, 0.3) is 5.91 Å². The molecule has 9 heteroatoms. The second-order valence-electron chi connectivity index (χ2n) is 7.95. The Hall–Kier alpha value is -3.33. The van der Waals surface area contributed by atoms with Gasteiger partial charge in [-0.1, -0.05) is 0 Å². The smallest absolute Gasteiger partial charge is 0.256 e. The zero-order chi connectivity index (χ0) is 23.5. The Bertz CT molecular complexity index is 1170. The predicted octanol–water partition coefficient (Wildman–Crippen LogP) is 3.47. The van der Waals surface area contributed by atoms with Gasteiger partial charge in [0.1, 0.15) is 11.5 Å². The van der Waals surface area contributed by atoms with Crippen LogP contribution in [0.3, 0.4) is 0 Å². The molecule has 2 aromatic heterocycles. The molecule has 1 fully saturated rings. The third kappa shape index (κ3) is 4.59. The van der Waals surface area contributed by atoms with Gasteiger partial charge in [0.2, 0.25) is 0 Å². The minimum Gasteiger partial charge on any atom is -0.492 e. The average molecular weight is 454 g/mol. The molecule has 1 aliphatic rings. The van der Waals surface area contributed by atoms with Gasteiger partial charge in [0.05, 0.1) is 54.4 Å². The second kappa shape index (κ2) is 9.66. The number of amides is 1. The summed E-state index contributed by atoms with van der Waals surface area (Å²) in [5.74, 6) is 1.05. The maximum atomic E-state index is 13.5. The lowest BCUT2D eigenvalue weighted by atomic mass is 10.1. The summed E-state index contributed by atoms with van der Waals surface area (Å²) < 4.78 is 19.1. The average Bonchev–Trinajstić information content (AvgIpc) is 3.08. The van der Waals surface area contributed by atoms with E-state index in [1.165, 1.54) is 0 Å². The van der Waals surface area contributed by atoms with Crippen molar-refractivity contribution in [2.24, 2.45) is 7.05 Å². The number of carbonyl (C=O) groups excluding carboxylic acids is 1. The highest BCUT2D eigenvalue weighted by molar-refractivity contribution is 6.13. The van der Waals surface area contributed by atoms with E-state index >= 15 is 0 Å². The van der Waals surface area contributed by atoms with E-state index in [0.29, 0.717) is 54.8 Å². The van der Waals surface area contributed by atoms with Crippen LogP contribution in [0.4, 0.5) is 11.4 Å². The summed E-state index contributed by atoms with van der Waals surface area (Å²) >= 11 is 0. The van der Waals surface area contributed by atoms with Crippen LogP contribution in [0, 0.1) is 13.8 Å². The third-order valence-electron chi connectivity index (χ3n) is 5.60. The van der Waals surface area contributed by atoms with Crippen LogP contribution in [0.15, 0.2) is 18.2 Å². The van der Waals surface area contributed by atoms with Crippen LogP contribution in [0.25, 0.3) is 11.0 Å². The van der Waals surface area contributed by atoms with Crippen molar-refractivity contribution >= 4 is 28.3 Å². The van der Waals surface area contributed by atoms with Crippen LogP contribution in [0.2, 0.25) is 0 Å². The molecule has 1 amide bonds. The molecule has 0 spiro atoms. The van der Waals surface area contributed by atoms with Crippen LogP contribution >= 0.6 is 0 Å². The standard InChI is InChI=1S/C24H31N5O4/c1-6-32-20-14-19(29-8-10-31-11-9-29)21(33-7-2)13-18(20)26-24(30)17-12-15(3)25-23-22(17)16(4)27-28(23)5/h12-14H,6-11H2,1-5H3,(H,26,30). The number of carbonyl (C=O) groups is 1. The SMILES string of the molecule is CCOc1cc(N2CCOCC2)c(OCC)cc1NC(=O)c1cc(C)nc2c1c(C)nn2C. The first-order valence-corrected chi connectivity index (χ1v) is 11.3. The number of aromatic nitrogens is 3. The van der Waals surface area contributed by atoms with Crippen molar-refractivity contribution < 1.29 is 19.0 Å². The fourth-order valence-corrected chi connectivity index (χ4v) is 4.18. The summed E-state index contributed by atoms with van der Waals surface area (Å²) in [5.41, 5.74) is 4.21. The van der Waals surface area contributed by atoms with Crippen LogP contribution in [-0.4, -0.2) is 60.2 Å². The van der Waals surface area contributed by atoms with Crippen molar-refractivity contribution in [3.8, 4) is 11.5 Å². The molecule has 9 nitrogen and oxygen atoms in total. The van der Waals surface area contributed by atoms with Crippen LogP contribution in [0.5, 0.6) is 11.5 Å². The van der Waals surface area contributed by atoms with E-state index in [1.807, 2.05) is 46.9 Å². The van der Waals surface area contributed by atoms with Gasteiger partial charge in [-0.15, -0.1) is 0 Å². The monoisotopic (exact) mass is 453 g/mol. The summed E-state index contributed by atoms with van der Waals surface area (Å²) in [6, 6.07) is 5.58. The van der Waals surface area contributed by atoms with Gasteiger partial charge in [-0.25, -0.2) is 4.98 Å². The van der Waals surface area contributed by atoms with E-state index in [1.54, 1.807) is 10.7 Å². The molecular weight excluding hydrogens is 422 g/mol. The largest absolute Gasteiger partial charge is 0.492 e. The van der Waals surface area contributed by atoms with Gasteiger partial charge >= 0.3 is 0 Å². The highest BCUT2D eigenvalue weighted by atomic mass is 16.5. The van der Waals surface area contributed by atoms with E-state index in [-0.39, 0.29) is 5.91 Å². The first-order chi connectivity index (χ1) is 15.9. The fourth-order valence-electron chi connectivity index (χ4n) is 4.18. The van der Waals surface area contributed by atoms with Crippen LogP contribution in [-0.2, 0) is 11.8 Å². The van der Waals surface area contributed by atoms with Gasteiger partial charge in [0, 0.05) is 38.0 Å². The Morgan fingerprint density at radius 1 is 1.09 bits per heavy atom. The van der Waals surface area contributed by atoms with Crippen molar-refractivity contribution in [3.05, 3.63) is 35.2 Å². The molecule has 4 rings (SSSR count). The summed E-state index contributed by atoms with van der Waals surface area (Å²) in [4.78, 5) is 20.2. The number of pyridine rings is 1. The molecule has 3 heterocycles. The van der Waals surface area contributed by atoms with Crippen molar-refractivity contribution in [1.29, 1.82) is 0 Å². The minimum absolute atomic E-state index is 0.246. The third-order valence-corrected chi connectivity index (χ3v) is 5.60. The lowest BCUT2D eigenvalue weighted by Crippen LogP contribution is -2.36. The highest BCUT2D eigenvalue weighted by Gasteiger charge is 2.23. The van der Waals surface area contributed by atoms with Crippen molar-refractivity contribution in [1.82, 2.24) is 14.8 Å². The summed E-state index contributed by atoms with van der Waals surface area (Å²) in [6.07, 6.45) is 0. The Labute approximate surface area is 193 Å². The molecule has 0 unspecified atom stereocenters. The first-order valence-electron chi connectivity index (χ1n) is 11.3. The van der Waals surface area contributed by atoms with Gasteiger partial charge in [-0.05, 0) is 33.8 Å². The summed E-state index contributed by atoms with van der Waals surface area (Å²) in [6.45, 7) is 11.5. The second-order valence-corrected chi connectivity index (χ2v) is 7.95. The molecule has 33 heavy (non-hydrogen) atoms. The van der Waals surface area contributed by atoms with Crippen molar-refractivity contribution in [3.63, 3.8) is 0 Å². The number of benzene rings is 1. The first kappa shape index (κ1) is 22.8. The summed E-state index contributed by atoms with van der Waals surface area (Å²) in [7, 11) is 1.83. The lowest BCUT2D eigenvalue weighted by molar-refractivity contribution is 0.102. The molecule has 3 aromatic rings. The van der Waals surface area contributed by atoms with E-state index < -0.39 is 0 Å². The fraction of sp³-hybridized carbons (Fsp3) is 0.458. The number of nitrogens with one attached hydrogen (secondary N) is 1. The number of ether oxygens (including phenoxy) is 3. The predicted molar refractivity (Wildman–Crippen MR) is 128 cm³/mol. The molecule has 1 N–H and O–H groups in total. The quantitative estimate of drug-likeness (QED) is 0.586. The molecule has 1 aliphatic heterocycles. The molecule has 0 aliphatic carbocycles. The molecule has 1 saturated heterocycles. The lowest BCUT2D eigenvalue weighted by Gasteiger charge is -2.31. The minimum atomic E-state index is -0.246. The summed E-state index contributed by atoms with van der Waals surface area (Å²) in [5, 5.41) is 8.23. The van der Waals surface area contributed by atoms with Gasteiger partial charge in [-0.3, -0.25) is 9.48 Å². The normalized spacial score (nSPS) is 13.9. The van der Waals surface area contributed by atoms with E-state index in [2.05, 4.69) is 20.3 Å². The number of hydrogen-bond acceptors (Lipinski definition) is 7. The number of fused-ring (bicyclic) bond motifs is 1. The number of aryl methyl sites for hydroxylation is 3. The maximum absolute atomic E-state index is 13.5. The molecule has 0 bridgehead atoms. The molecule has 1 aromatic carbocycles. The molecule has 176 valence electrons. The zero-order valence-corrected chi connectivity index (χ0v) is 19.9. The molecule has 0 saturated carbocycles. The molecule has 0 radical (unpaired) electrons. The number of nitrogens with zero attached hydrogens (tertiary/aromatic N) is 4. The number of rotatable bonds is 7. The molecular formula is C24H31N5O4. The highest BCUT2D eigenvalue weighted by Crippen LogP contribution is 2.39. The zero-order valence-electron chi connectivity index (χ0n) is 19.9. The van der Waals surface area contributed by atoms with Crippen LogP contribution < -0.4 is 19.7 Å². The van der Waals surface area contributed by atoms with Gasteiger partial charge in [-0.2, -0.15) is 5.10 Å². The van der Waals surface area contributed by atoms with Crippen molar-refractivity contribution in [2.45, 2.75) is 27.7 Å². The maximum Gasteiger partial charge on any atom is 0.256 e. The van der Waals surface area contributed by atoms with Crippen molar-refractivity contribution in [2.75, 3.05) is 49.7 Å². The van der Waals surface area contributed by atoms with E-state index in [9.17, 15) is 4.79 Å². The topological polar surface area (TPSA) is 90.7 Å². The number of morpholine rings is 1. The Kier molecular flexibility index (Phi) is 6.69. The Morgan fingerprint density at radius 3 is 2.48 bits per heavy atom. The Balaban J connectivity index is 1.75. The van der Waals surface area contributed by atoms with Crippen LogP contribution in [0.1, 0.15) is 35.6 Å². The van der Waals surface area contributed by atoms with Gasteiger partial charge < -0.3 is 24.4 Å². The van der Waals surface area contributed by atoms with Gasteiger partial charge in [0.15, 0.2) is 5.65 Å². The number of anilines is 2. The van der Waals surface area contributed by atoms with E-state index in [4.69, 9.17) is 14.2 Å². The van der Waals surface area contributed by atoms with E-state index in [0.717, 1.165) is 35.6 Å². The molecule has 0 atom stereocenters.